The minimum atomic E-state index is -0.294. The van der Waals surface area contributed by atoms with Crippen molar-refractivity contribution in [2.75, 3.05) is 5.32 Å². The Morgan fingerprint density at radius 1 is 0.774 bits per heavy atom. The number of nitrogens with one attached hydrogen (secondary N) is 1. The van der Waals surface area contributed by atoms with Crippen molar-refractivity contribution in [1.29, 1.82) is 0 Å². The van der Waals surface area contributed by atoms with E-state index >= 15 is 0 Å². The molecule has 0 aliphatic rings. The van der Waals surface area contributed by atoms with Crippen LogP contribution in [0, 0.1) is 0 Å². The summed E-state index contributed by atoms with van der Waals surface area (Å²) >= 11 is 0. The molecule has 0 saturated carbocycles. The highest BCUT2D eigenvalue weighted by Gasteiger charge is 2.12. The molecule has 0 bridgehead atoms. The lowest BCUT2D eigenvalue weighted by atomic mass is 10.2. The molecule has 4 aromatic rings. The van der Waals surface area contributed by atoms with E-state index in [4.69, 9.17) is 9.47 Å². The Bertz CT molecular complexity index is 1130. The molecule has 0 saturated heterocycles. The van der Waals surface area contributed by atoms with Crippen LogP contribution in [0.2, 0.25) is 0 Å². The Morgan fingerprint density at radius 3 is 2.39 bits per heavy atom. The Hall–Kier alpha value is -4.19. The van der Waals surface area contributed by atoms with Gasteiger partial charge in [0.05, 0.1) is 0 Å². The quantitative estimate of drug-likeness (QED) is 0.447. The van der Waals surface area contributed by atoms with E-state index in [1.54, 1.807) is 48.9 Å². The van der Waals surface area contributed by atoms with Gasteiger partial charge in [-0.05, 0) is 53.6 Å². The molecule has 154 valence electrons. The third-order valence-electron chi connectivity index (χ3n) is 4.49. The molecular formula is C25H21N3O3. The van der Waals surface area contributed by atoms with Crippen molar-refractivity contribution in [2.24, 2.45) is 0 Å². The van der Waals surface area contributed by atoms with Crippen LogP contribution >= 0.6 is 0 Å². The second-order valence-corrected chi connectivity index (χ2v) is 6.75. The molecule has 4 rings (SSSR count). The number of hydrogen-bond acceptors (Lipinski definition) is 5. The van der Waals surface area contributed by atoms with Gasteiger partial charge in [-0.1, -0.05) is 36.4 Å². The van der Waals surface area contributed by atoms with Crippen molar-refractivity contribution in [1.82, 2.24) is 9.97 Å². The van der Waals surface area contributed by atoms with Gasteiger partial charge < -0.3 is 14.8 Å². The smallest absolute Gasteiger partial charge is 0.257 e. The average molecular weight is 411 g/mol. The summed E-state index contributed by atoms with van der Waals surface area (Å²) in [7, 11) is 0. The van der Waals surface area contributed by atoms with Crippen molar-refractivity contribution >= 4 is 11.7 Å². The summed E-state index contributed by atoms with van der Waals surface area (Å²) in [6, 6.07) is 24.2. The summed E-state index contributed by atoms with van der Waals surface area (Å²) in [5.41, 5.74) is 2.50. The molecule has 0 fully saturated rings. The number of rotatable bonds is 8. The van der Waals surface area contributed by atoms with Crippen LogP contribution in [-0.4, -0.2) is 15.9 Å². The number of anilines is 1. The summed E-state index contributed by atoms with van der Waals surface area (Å²) in [5.74, 6) is 1.17. The van der Waals surface area contributed by atoms with Gasteiger partial charge in [-0.2, -0.15) is 0 Å². The maximum atomic E-state index is 12.8. The summed E-state index contributed by atoms with van der Waals surface area (Å²) in [6.07, 6.45) is 5.02. The summed E-state index contributed by atoms with van der Waals surface area (Å²) in [6.45, 7) is 0.777. The number of carbonyl (C=O) groups excluding carboxylic acids is 1. The average Bonchev–Trinajstić information content (AvgIpc) is 2.84. The second-order valence-electron chi connectivity index (χ2n) is 6.75. The van der Waals surface area contributed by atoms with Crippen molar-refractivity contribution in [3.05, 3.63) is 114 Å². The van der Waals surface area contributed by atoms with Gasteiger partial charge >= 0.3 is 0 Å². The number of carbonyl (C=O) groups is 1. The lowest BCUT2D eigenvalue weighted by Gasteiger charge is -2.12. The number of ether oxygens (including phenoxy) is 2. The molecule has 31 heavy (non-hydrogen) atoms. The SMILES string of the molecule is O=C(Nc1ncccc1OCc1ccncc1)c1cccc(OCc2ccccc2)c1. The predicted molar refractivity (Wildman–Crippen MR) is 118 cm³/mol. The fourth-order valence-corrected chi connectivity index (χ4v) is 2.89. The highest BCUT2D eigenvalue weighted by atomic mass is 16.5. The number of amides is 1. The molecule has 2 heterocycles. The van der Waals surface area contributed by atoms with E-state index in [0.717, 1.165) is 11.1 Å². The van der Waals surface area contributed by atoms with E-state index in [9.17, 15) is 4.79 Å². The lowest BCUT2D eigenvalue weighted by molar-refractivity contribution is 0.102. The van der Waals surface area contributed by atoms with E-state index in [1.807, 2.05) is 48.5 Å². The predicted octanol–water partition coefficient (Wildman–Crippen LogP) is 4.89. The van der Waals surface area contributed by atoms with Gasteiger partial charge in [-0.3, -0.25) is 9.78 Å². The molecule has 2 aromatic heterocycles. The number of pyridine rings is 2. The van der Waals surface area contributed by atoms with Crippen molar-refractivity contribution in [2.45, 2.75) is 13.2 Å². The molecule has 0 aliphatic carbocycles. The fourth-order valence-electron chi connectivity index (χ4n) is 2.89. The Kier molecular flexibility index (Phi) is 6.50. The Morgan fingerprint density at radius 2 is 1.55 bits per heavy atom. The van der Waals surface area contributed by atoms with E-state index < -0.39 is 0 Å². The van der Waals surface area contributed by atoms with E-state index in [1.165, 1.54) is 0 Å². The molecule has 0 atom stereocenters. The molecule has 1 amide bonds. The maximum absolute atomic E-state index is 12.8. The third kappa shape index (κ3) is 5.67. The van der Waals surface area contributed by atoms with Crippen molar-refractivity contribution < 1.29 is 14.3 Å². The standard InChI is InChI=1S/C25H21N3O3/c29-25(21-8-4-9-22(16-21)30-17-19-6-2-1-3-7-19)28-24-23(10-5-13-27-24)31-18-20-11-14-26-15-12-20/h1-16H,17-18H2,(H,27,28,29). The van der Waals surface area contributed by atoms with Gasteiger partial charge in [0.2, 0.25) is 0 Å². The third-order valence-corrected chi connectivity index (χ3v) is 4.49. The summed E-state index contributed by atoms with van der Waals surface area (Å²) < 4.78 is 11.7. The molecule has 0 radical (unpaired) electrons. The zero-order valence-corrected chi connectivity index (χ0v) is 16.8. The molecule has 2 aromatic carbocycles. The van der Waals surface area contributed by atoms with Crippen LogP contribution in [-0.2, 0) is 13.2 Å². The minimum Gasteiger partial charge on any atom is -0.489 e. The number of aromatic nitrogens is 2. The molecule has 6 heteroatoms. The van der Waals surface area contributed by atoms with E-state index in [0.29, 0.717) is 36.1 Å². The van der Waals surface area contributed by atoms with Gasteiger partial charge in [0.25, 0.3) is 5.91 Å². The molecule has 1 N–H and O–H groups in total. The first kappa shape index (κ1) is 20.1. The molecule has 6 nitrogen and oxygen atoms in total. The fraction of sp³-hybridized carbons (Fsp3) is 0.0800. The highest BCUT2D eigenvalue weighted by Crippen LogP contribution is 2.23. The molecule has 0 spiro atoms. The van der Waals surface area contributed by atoms with Gasteiger partial charge in [0.15, 0.2) is 11.6 Å². The Labute approximate surface area is 180 Å². The van der Waals surface area contributed by atoms with Crippen LogP contribution in [0.5, 0.6) is 11.5 Å². The summed E-state index contributed by atoms with van der Waals surface area (Å²) in [4.78, 5) is 21.0. The normalized spacial score (nSPS) is 10.3. The number of benzene rings is 2. The van der Waals surface area contributed by atoms with Gasteiger partial charge in [-0.25, -0.2) is 4.98 Å². The largest absolute Gasteiger partial charge is 0.489 e. The highest BCUT2D eigenvalue weighted by molar-refractivity contribution is 6.04. The van der Waals surface area contributed by atoms with Crippen LogP contribution in [0.1, 0.15) is 21.5 Å². The number of hydrogen-bond donors (Lipinski definition) is 1. The molecular weight excluding hydrogens is 390 g/mol. The van der Waals surface area contributed by atoms with Gasteiger partial charge in [0, 0.05) is 24.2 Å². The van der Waals surface area contributed by atoms with Crippen molar-refractivity contribution in [3.8, 4) is 11.5 Å². The zero-order valence-electron chi connectivity index (χ0n) is 16.8. The first-order valence-corrected chi connectivity index (χ1v) is 9.83. The van der Waals surface area contributed by atoms with Crippen LogP contribution in [0.4, 0.5) is 5.82 Å². The molecule has 0 unspecified atom stereocenters. The van der Waals surface area contributed by atoms with Crippen LogP contribution in [0.25, 0.3) is 0 Å². The van der Waals surface area contributed by atoms with Gasteiger partial charge in [-0.15, -0.1) is 0 Å². The first-order chi connectivity index (χ1) is 15.3. The zero-order chi connectivity index (χ0) is 21.3. The van der Waals surface area contributed by atoms with E-state index in [2.05, 4.69) is 15.3 Å². The lowest BCUT2D eigenvalue weighted by Crippen LogP contribution is -2.14. The van der Waals surface area contributed by atoms with Crippen LogP contribution in [0.15, 0.2) is 97.5 Å². The monoisotopic (exact) mass is 411 g/mol. The topological polar surface area (TPSA) is 73.3 Å². The number of nitrogens with zero attached hydrogens (tertiary/aromatic N) is 2. The van der Waals surface area contributed by atoms with Crippen LogP contribution in [0.3, 0.4) is 0 Å². The summed E-state index contributed by atoms with van der Waals surface area (Å²) in [5, 5.41) is 2.82. The first-order valence-electron chi connectivity index (χ1n) is 9.83. The second kappa shape index (κ2) is 10.0. The minimum absolute atomic E-state index is 0.294. The van der Waals surface area contributed by atoms with Gasteiger partial charge in [0.1, 0.15) is 19.0 Å². The molecule has 0 aliphatic heterocycles. The van der Waals surface area contributed by atoms with Crippen LogP contribution < -0.4 is 14.8 Å². The van der Waals surface area contributed by atoms with E-state index in [-0.39, 0.29) is 5.91 Å². The van der Waals surface area contributed by atoms with Crippen molar-refractivity contribution in [3.63, 3.8) is 0 Å². The maximum Gasteiger partial charge on any atom is 0.257 e. The Balaban J connectivity index is 1.41.